The lowest BCUT2D eigenvalue weighted by Crippen LogP contribution is -2.46. The minimum atomic E-state index is 0.122. The Kier molecular flexibility index (Phi) is 6.39. The van der Waals surface area contributed by atoms with Crippen molar-refractivity contribution in [3.63, 3.8) is 0 Å². The van der Waals surface area contributed by atoms with E-state index in [1.807, 2.05) is 4.90 Å². The molecule has 2 saturated heterocycles. The lowest BCUT2D eigenvalue weighted by Gasteiger charge is -2.37. The zero-order chi connectivity index (χ0) is 16.9. The molecule has 0 radical (unpaired) electrons. The zero-order valence-corrected chi connectivity index (χ0v) is 15.4. The van der Waals surface area contributed by atoms with Gasteiger partial charge in [-0.1, -0.05) is 29.3 Å². The number of halogens is 2. The maximum absolute atomic E-state index is 12.7. The number of hydrogen-bond acceptors (Lipinski definition) is 3. The molecule has 3 rings (SSSR count). The van der Waals surface area contributed by atoms with Gasteiger partial charge in [-0.15, -0.1) is 0 Å². The first-order valence-corrected chi connectivity index (χ1v) is 9.40. The molecule has 24 heavy (non-hydrogen) atoms. The van der Waals surface area contributed by atoms with E-state index in [9.17, 15) is 4.79 Å². The van der Waals surface area contributed by atoms with Crippen molar-refractivity contribution in [2.45, 2.75) is 19.3 Å². The van der Waals surface area contributed by atoms with E-state index in [-0.39, 0.29) is 12.3 Å². The van der Waals surface area contributed by atoms with Crippen molar-refractivity contribution in [2.75, 3.05) is 45.9 Å². The summed E-state index contributed by atoms with van der Waals surface area (Å²) in [5, 5.41) is 1.13. The summed E-state index contributed by atoms with van der Waals surface area (Å²) in [6.45, 7) is 6.36. The Bertz CT molecular complexity index is 556. The van der Waals surface area contributed by atoms with Gasteiger partial charge in [0, 0.05) is 42.8 Å². The molecule has 1 unspecified atom stereocenters. The third-order valence-electron chi connectivity index (χ3n) is 4.88. The summed E-state index contributed by atoms with van der Waals surface area (Å²) in [7, 11) is 0. The highest BCUT2D eigenvalue weighted by molar-refractivity contribution is 6.36. The molecule has 0 saturated carbocycles. The molecule has 1 aromatic carbocycles. The van der Waals surface area contributed by atoms with Crippen LogP contribution >= 0.6 is 23.2 Å². The molecule has 6 heteroatoms. The van der Waals surface area contributed by atoms with Crippen LogP contribution in [0.3, 0.4) is 0 Å². The molecular formula is C18H24Cl2N2O2. The van der Waals surface area contributed by atoms with Crippen LogP contribution in [-0.4, -0.2) is 61.6 Å². The predicted octanol–water partition coefficient (Wildman–Crippen LogP) is 3.11. The Balaban J connectivity index is 1.56. The average Bonchev–Trinajstić information content (AvgIpc) is 2.59. The minimum absolute atomic E-state index is 0.122. The van der Waals surface area contributed by atoms with Crippen LogP contribution in [0, 0.1) is 5.92 Å². The second kappa shape index (κ2) is 8.52. The van der Waals surface area contributed by atoms with Crippen LogP contribution in [0.15, 0.2) is 18.2 Å². The molecule has 132 valence electrons. The Morgan fingerprint density at radius 3 is 2.58 bits per heavy atom. The highest BCUT2D eigenvalue weighted by Gasteiger charge is 2.26. The molecule has 0 aliphatic carbocycles. The number of piperidine rings is 1. The number of likely N-dealkylation sites (tertiary alicyclic amines) is 1. The molecule has 0 aromatic heterocycles. The van der Waals surface area contributed by atoms with E-state index in [4.69, 9.17) is 27.9 Å². The third-order valence-corrected chi connectivity index (χ3v) is 5.59. The number of hydrogen-bond donors (Lipinski definition) is 0. The highest BCUT2D eigenvalue weighted by Crippen LogP contribution is 2.26. The third kappa shape index (κ3) is 4.63. The van der Waals surface area contributed by atoms with Crippen molar-refractivity contribution in [1.29, 1.82) is 0 Å². The standard InChI is InChI=1S/C18H24Cl2N2O2/c19-16-4-1-5-17(20)15(16)11-18(23)22-6-2-3-14(13-22)12-21-7-9-24-10-8-21/h1,4-5,14H,2-3,6-13H2. The van der Waals surface area contributed by atoms with E-state index >= 15 is 0 Å². The van der Waals surface area contributed by atoms with Crippen LogP contribution in [0.5, 0.6) is 0 Å². The summed E-state index contributed by atoms with van der Waals surface area (Å²) in [6, 6.07) is 5.37. The summed E-state index contributed by atoms with van der Waals surface area (Å²) in [6.07, 6.45) is 2.54. The Morgan fingerprint density at radius 2 is 1.88 bits per heavy atom. The Labute approximate surface area is 153 Å². The number of carbonyl (C=O) groups is 1. The van der Waals surface area contributed by atoms with Crippen molar-refractivity contribution in [3.05, 3.63) is 33.8 Å². The van der Waals surface area contributed by atoms with Crippen LogP contribution in [0.1, 0.15) is 18.4 Å². The topological polar surface area (TPSA) is 32.8 Å². The molecule has 2 fully saturated rings. The quantitative estimate of drug-likeness (QED) is 0.816. The summed E-state index contributed by atoms with van der Waals surface area (Å²) < 4.78 is 5.41. The fourth-order valence-corrected chi connectivity index (χ4v) is 4.08. The van der Waals surface area contributed by atoms with Crippen molar-refractivity contribution in [3.8, 4) is 0 Å². The van der Waals surface area contributed by atoms with Crippen LogP contribution < -0.4 is 0 Å². The summed E-state index contributed by atoms with van der Waals surface area (Å²) in [4.78, 5) is 17.1. The van der Waals surface area contributed by atoms with Gasteiger partial charge in [0.25, 0.3) is 0 Å². The summed E-state index contributed by atoms with van der Waals surface area (Å²) in [5.41, 5.74) is 0.737. The number of carbonyl (C=O) groups excluding carboxylic acids is 1. The van der Waals surface area contributed by atoms with E-state index in [2.05, 4.69) is 4.90 Å². The normalized spacial score (nSPS) is 22.6. The lowest BCUT2D eigenvalue weighted by atomic mass is 9.96. The first-order chi connectivity index (χ1) is 11.6. The van der Waals surface area contributed by atoms with E-state index in [0.29, 0.717) is 16.0 Å². The monoisotopic (exact) mass is 370 g/mol. The van der Waals surface area contributed by atoms with Gasteiger partial charge in [-0.05, 0) is 36.5 Å². The molecule has 4 nitrogen and oxygen atoms in total. The molecule has 2 aliphatic rings. The van der Waals surface area contributed by atoms with Gasteiger partial charge in [-0.2, -0.15) is 0 Å². The summed E-state index contributed by atoms with van der Waals surface area (Å²) in [5.74, 6) is 0.666. The average molecular weight is 371 g/mol. The molecule has 0 spiro atoms. The first-order valence-electron chi connectivity index (χ1n) is 8.64. The molecule has 2 heterocycles. The van der Waals surface area contributed by atoms with Crippen molar-refractivity contribution < 1.29 is 9.53 Å². The second-order valence-corrected chi connectivity index (χ2v) is 7.45. The fourth-order valence-electron chi connectivity index (χ4n) is 3.55. The smallest absolute Gasteiger partial charge is 0.227 e. The van der Waals surface area contributed by atoms with Crippen molar-refractivity contribution >= 4 is 29.1 Å². The molecule has 1 amide bonds. The maximum atomic E-state index is 12.7. The molecular weight excluding hydrogens is 347 g/mol. The van der Waals surface area contributed by atoms with E-state index < -0.39 is 0 Å². The number of ether oxygens (including phenoxy) is 1. The second-order valence-electron chi connectivity index (χ2n) is 6.64. The molecule has 0 bridgehead atoms. The van der Waals surface area contributed by atoms with Gasteiger partial charge in [0.05, 0.1) is 19.6 Å². The molecule has 0 N–H and O–H groups in total. The van der Waals surface area contributed by atoms with Crippen LogP contribution in [0.2, 0.25) is 10.0 Å². The number of amides is 1. The van der Waals surface area contributed by atoms with E-state index in [1.165, 1.54) is 6.42 Å². The minimum Gasteiger partial charge on any atom is -0.379 e. The van der Waals surface area contributed by atoms with Crippen molar-refractivity contribution in [2.24, 2.45) is 5.92 Å². The van der Waals surface area contributed by atoms with Gasteiger partial charge < -0.3 is 9.64 Å². The van der Waals surface area contributed by atoms with Crippen molar-refractivity contribution in [1.82, 2.24) is 9.80 Å². The predicted molar refractivity (Wildman–Crippen MR) is 96.7 cm³/mol. The van der Waals surface area contributed by atoms with Crippen LogP contribution in [0.25, 0.3) is 0 Å². The maximum Gasteiger partial charge on any atom is 0.227 e. The number of benzene rings is 1. The number of rotatable bonds is 4. The molecule has 1 atom stereocenters. The van der Waals surface area contributed by atoms with Gasteiger partial charge in [-0.25, -0.2) is 0 Å². The van der Waals surface area contributed by atoms with Gasteiger partial charge >= 0.3 is 0 Å². The summed E-state index contributed by atoms with van der Waals surface area (Å²) >= 11 is 12.4. The SMILES string of the molecule is O=C(Cc1c(Cl)cccc1Cl)N1CCCC(CN2CCOCC2)C1. The first kappa shape index (κ1) is 18.0. The van der Waals surface area contributed by atoms with Gasteiger partial charge in [0.2, 0.25) is 5.91 Å². The van der Waals surface area contributed by atoms with Gasteiger partial charge in [0.15, 0.2) is 0 Å². The van der Waals surface area contributed by atoms with Gasteiger partial charge in [0.1, 0.15) is 0 Å². The van der Waals surface area contributed by atoms with Crippen LogP contribution in [0.4, 0.5) is 0 Å². The Morgan fingerprint density at radius 1 is 1.17 bits per heavy atom. The largest absolute Gasteiger partial charge is 0.379 e. The molecule has 2 aliphatic heterocycles. The Hall–Kier alpha value is -0.810. The zero-order valence-electron chi connectivity index (χ0n) is 13.8. The van der Waals surface area contributed by atoms with E-state index in [1.54, 1.807) is 18.2 Å². The van der Waals surface area contributed by atoms with Crippen LogP contribution in [-0.2, 0) is 16.0 Å². The van der Waals surface area contributed by atoms with Gasteiger partial charge in [-0.3, -0.25) is 9.69 Å². The lowest BCUT2D eigenvalue weighted by molar-refractivity contribution is -0.132. The molecule has 1 aromatic rings. The van der Waals surface area contributed by atoms with E-state index in [0.717, 1.165) is 57.9 Å². The highest BCUT2D eigenvalue weighted by atomic mass is 35.5. The number of nitrogens with zero attached hydrogens (tertiary/aromatic N) is 2. The fraction of sp³-hybridized carbons (Fsp3) is 0.611. The number of morpholine rings is 1.